The summed E-state index contributed by atoms with van der Waals surface area (Å²) in [5.41, 5.74) is 4.87. The molecule has 0 radical (unpaired) electrons. The lowest BCUT2D eigenvalue weighted by Gasteiger charge is -2.33. The molecule has 1 saturated heterocycles. The number of nitrogens with zero attached hydrogens (tertiary/aromatic N) is 1. The number of carbonyl (C=O) groups is 1. The number of allylic oxidation sites excluding steroid dienone is 2. The molecule has 2 atom stereocenters. The van der Waals surface area contributed by atoms with Gasteiger partial charge in [-0.2, -0.15) is 13.2 Å². The highest BCUT2D eigenvalue weighted by atomic mass is 19.4. The predicted octanol–water partition coefficient (Wildman–Crippen LogP) is 2.68. The standard InChI is InChI=1S/C14H20F3N3O2/c1-13(2,3)22-12(21)20-8-6-9(14(15,16)17)11(20)10-5-4-7-18-19-10/h4-5,7,9,11,18-19H,6,8H2,1-3H3. The lowest BCUT2D eigenvalue weighted by Crippen LogP contribution is -2.49. The third-order valence-electron chi connectivity index (χ3n) is 3.44. The van der Waals surface area contributed by atoms with Gasteiger partial charge < -0.3 is 15.6 Å². The Morgan fingerprint density at radius 2 is 2.05 bits per heavy atom. The van der Waals surface area contributed by atoms with Gasteiger partial charge in [-0.15, -0.1) is 0 Å². The predicted molar refractivity (Wildman–Crippen MR) is 74.4 cm³/mol. The van der Waals surface area contributed by atoms with E-state index < -0.39 is 29.8 Å². The van der Waals surface area contributed by atoms with Gasteiger partial charge >= 0.3 is 12.3 Å². The van der Waals surface area contributed by atoms with E-state index >= 15 is 0 Å². The summed E-state index contributed by atoms with van der Waals surface area (Å²) in [6.45, 7) is 5.05. The average Bonchev–Trinajstić information content (AvgIpc) is 2.82. The number of ether oxygens (including phenoxy) is 1. The number of rotatable bonds is 1. The molecule has 124 valence electrons. The zero-order valence-electron chi connectivity index (χ0n) is 12.7. The number of alkyl halides is 3. The Kier molecular flexibility index (Phi) is 4.30. The van der Waals surface area contributed by atoms with E-state index in [-0.39, 0.29) is 13.0 Å². The van der Waals surface area contributed by atoms with Crippen LogP contribution in [0.5, 0.6) is 0 Å². The van der Waals surface area contributed by atoms with Crippen molar-refractivity contribution < 1.29 is 22.7 Å². The van der Waals surface area contributed by atoms with Crippen molar-refractivity contribution >= 4 is 6.09 Å². The molecular weight excluding hydrogens is 299 g/mol. The molecule has 2 N–H and O–H groups in total. The second-order valence-corrected chi connectivity index (χ2v) is 6.31. The van der Waals surface area contributed by atoms with E-state index in [0.717, 1.165) is 4.90 Å². The van der Waals surface area contributed by atoms with E-state index in [1.807, 2.05) is 0 Å². The van der Waals surface area contributed by atoms with Crippen LogP contribution in [0, 0.1) is 5.92 Å². The molecule has 8 heteroatoms. The SMILES string of the molecule is CC(C)(C)OC(=O)N1CCC(C(F)(F)F)C1C1=CC=CNN1. The van der Waals surface area contributed by atoms with Gasteiger partial charge in [-0.25, -0.2) is 4.79 Å². The molecule has 0 aromatic carbocycles. The van der Waals surface area contributed by atoms with Gasteiger partial charge in [0.2, 0.25) is 0 Å². The van der Waals surface area contributed by atoms with E-state index in [0.29, 0.717) is 5.70 Å². The van der Waals surface area contributed by atoms with Crippen LogP contribution in [-0.2, 0) is 4.74 Å². The smallest absolute Gasteiger partial charge is 0.410 e. The van der Waals surface area contributed by atoms with Crippen molar-refractivity contribution in [2.75, 3.05) is 6.54 Å². The highest BCUT2D eigenvalue weighted by Gasteiger charge is 2.53. The number of halogens is 3. The number of nitrogens with one attached hydrogen (secondary N) is 2. The summed E-state index contributed by atoms with van der Waals surface area (Å²) in [6, 6.07) is -1.12. The third-order valence-corrected chi connectivity index (χ3v) is 3.44. The summed E-state index contributed by atoms with van der Waals surface area (Å²) >= 11 is 0. The minimum Gasteiger partial charge on any atom is -0.444 e. The van der Waals surface area contributed by atoms with Gasteiger partial charge in [0, 0.05) is 12.7 Å². The summed E-state index contributed by atoms with van der Waals surface area (Å²) in [6.07, 6.45) is -0.588. The lowest BCUT2D eigenvalue weighted by atomic mass is 9.96. The Hall–Kier alpha value is -1.86. The minimum atomic E-state index is -4.38. The van der Waals surface area contributed by atoms with E-state index in [1.165, 1.54) is 6.08 Å². The zero-order chi connectivity index (χ0) is 16.5. The first kappa shape index (κ1) is 16.5. The zero-order valence-corrected chi connectivity index (χ0v) is 12.7. The Labute approximate surface area is 127 Å². The molecule has 0 spiro atoms. The lowest BCUT2D eigenvalue weighted by molar-refractivity contribution is -0.177. The van der Waals surface area contributed by atoms with Gasteiger partial charge in [-0.05, 0) is 39.3 Å². The van der Waals surface area contributed by atoms with Crippen LogP contribution in [-0.4, -0.2) is 35.4 Å². The second-order valence-electron chi connectivity index (χ2n) is 6.31. The van der Waals surface area contributed by atoms with Crippen LogP contribution in [0.3, 0.4) is 0 Å². The van der Waals surface area contributed by atoms with Crippen LogP contribution in [0.15, 0.2) is 24.0 Å². The number of hydrogen-bond acceptors (Lipinski definition) is 4. The molecule has 0 bridgehead atoms. The second kappa shape index (κ2) is 5.73. The highest BCUT2D eigenvalue weighted by Crippen LogP contribution is 2.41. The Bertz CT molecular complexity index is 495. The molecule has 2 heterocycles. The molecule has 0 aromatic heterocycles. The monoisotopic (exact) mass is 319 g/mol. The highest BCUT2D eigenvalue weighted by molar-refractivity contribution is 5.69. The van der Waals surface area contributed by atoms with Crippen LogP contribution in [0.1, 0.15) is 27.2 Å². The maximum absolute atomic E-state index is 13.3. The minimum absolute atomic E-state index is 0.00644. The van der Waals surface area contributed by atoms with Crippen molar-refractivity contribution in [3.63, 3.8) is 0 Å². The first-order valence-electron chi connectivity index (χ1n) is 7.04. The van der Waals surface area contributed by atoms with Gasteiger partial charge in [-0.1, -0.05) is 0 Å². The normalized spacial score (nSPS) is 25.4. The first-order valence-corrected chi connectivity index (χ1v) is 7.04. The van der Waals surface area contributed by atoms with Crippen molar-refractivity contribution in [2.24, 2.45) is 5.92 Å². The Morgan fingerprint density at radius 3 is 2.55 bits per heavy atom. The molecule has 22 heavy (non-hydrogen) atoms. The van der Waals surface area contributed by atoms with Crippen molar-refractivity contribution in [1.82, 2.24) is 15.8 Å². The van der Waals surface area contributed by atoms with E-state index in [9.17, 15) is 18.0 Å². The number of amides is 1. The van der Waals surface area contributed by atoms with Gasteiger partial charge in [0.25, 0.3) is 0 Å². The number of hydrogen-bond donors (Lipinski definition) is 2. The molecule has 2 rings (SSSR count). The summed E-state index contributed by atoms with van der Waals surface area (Å²) in [5, 5.41) is 0. The number of carbonyl (C=O) groups excluding carboxylic acids is 1. The quantitative estimate of drug-likeness (QED) is 0.780. The topological polar surface area (TPSA) is 53.6 Å². The number of likely N-dealkylation sites (tertiary alicyclic amines) is 1. The molecular formula is C14H20F3N3O2. The summed E-state index contributed by atoms with van der Waals surface area (Å²) in [4.78, 5) is 13.4. The van der Waals surface area contributed by atoms with Crippen LogP contribution < -0.4 is 10.9 Å². The molecule has 2 aliphatic heterocycles. The summed E-state index contributed by atoms with van der Waals surface area (Å²) < 4.78 is 45.0. The summed E-state index contributed by atoms with van der Waals surface area (Å²) in [5.74, 6) is -1.62. The molecule has 1 amide bonds. The third kappa shape index (κ3) is 3.66. The molecule has 1 fully saturated rings. The van der Waals surface area contributed by atoms with Crippen molar-refractivity contribution in [2.45, 2.75) is 45.0 Å². The maximum atomic E-state index is 13.3. The fourth-order valence-corrected chi connectivity index (χ4v) is 2.58. The van der Waals surface area contributed by atoms with Gasteiger partial charge in [0.15, 0.2) is 0 Å². The molecule has 5 nitrogen and oxygen atoms in total. The fourth-order valence-electron chi connectivity index (χ4n) is 2.58. The molecule has 2 aliphatic rings. The largest absolute Gasteiger partial charge is 0.444 e. The van der Waals surface area contributed by atoms with E-state index in [1.54, 1.807) is 33.0 Å². The summed E-state index contributed by atoms with van der Waals surface area (Å²) in [7, 11) is 0. The van der Waals surface area contributed by atoms with Crippen LogP contribution >= 0.6 is 0 Å². The number of hydrazine groups is 1. The van der Waals surface area contributed by atoms with Gasteiger partial charge in [0.1, 0.15) is 5.60 Å². The maximum Gasteiger partial charge on any atom is 0.410 e. The van der Waals surface area contributed by atoms with Crippen molar-refractivity contribution in [1.29, 1.82) is 0 Å². The fraction of sp³-hybridized carbons (Fsp3) is 0.643. The molecule has 0 saturated carbocycles. The van der Waals surface area contributed by atoms with Gasteiger partial charge in [-0.3, -0.25) is 4.90 Å². The Balaban J connectivity index is 2.27. The van der Waals surface area contributed by atoms with Crippen LogP contribution in [0.25, 0.3) is 0 Å². The first-order chi connectivity index (χ1) is 10.1. The van der Waals surface area contributed by atoms with Crippen molar-refractivity contribution in [3.8, 4) is 0 Å². The molecule has 2 unspecified atom stereocenters. The van der Waals surface area contributed by atoms with Crippen molar-refractivity contribution in [3.05, 3.63) is 24.0 Å². The van der Waals surface area contributed by atoms with E-state index in [2.05, 4.69) is 10.9 Å². The van der Waals surface area contributed by atoms with Gasteiger partial charge in [0.05, 0.1) is 17.7 Å². The van der Waals surface area contributed by atoms with Crippen LogP contribution in [0.4, 0.5) is 18.0 Å². The van der Waals surface area contributed by atoms with Crippen LogP contribution in [0.2, 0.25) is 0 Å². The Morgan fingerprint density at radius 1 is 1.36 bits per heavy atom. The molecule has 0 aromatic rings. The average molecular weight is 319 g/mol. The van der Waals surface area contributed by atoms with E-state index in [4.69, 9.17) is 4.74 Å². The molecule has 0 aliphatic carbocycles.